The number of benzene rings is 1. The fourth-order valence-electron chi connectivity index (χ4n) is 2.81. The molecule has 0 bridgehead atoms. The molecule has 3 heteroatoms. The van der Waals surface area contributed by atoms with E-state index in [0.29, 0.717) is 0 Å². The number of nitrogens with one attached hydrogen (secondary N) is 2. The fraction of sp³-hybridized carbons (Fsp3) is 0.500. The Kier molecular flexibility index (Phi) is 4.46. The molecule has 1 aromatic heterocycles. The van der Waals surface area contributed by atoms with Crippen LogP contribution in [-0.4, -0.2) is 23.3 Å². The summed E-state index contributed by atoms with van der Waals surface area (Å²) >= 11 is 1.93. The fourth-order valence-corrected chi connectivity index (χ4v) is 3.72. The van der Waals surface area contributed by atoms with Crippen molar-refractivity contribution in [1.29, 1.82) is 0 Å². The maximum Gasteiger partial charge on any atom is 0.0732 e. The summed E-state index contributed by atoms with van der Waals surface area (Å²) in [6.45, 7) is 1.16. The summed E-state index contributed by atoms with van der Waals surface area (Å²) in [6, 6.07) is 11.5. The van der Waals surface area contributed by atoms with Crippen molar-refractivity contribution in [3.8, 4) is 0 Å². The number of hydrogen-bond acceptors (Lipinski definition) is 2. The van der Waals surface area contributed by atoms with E-state index in [-0.39, 0.29) is 0 Å². The van der Waals surface area contributed by atoms with Crippen LogP contribution in [0.2, 0.25) is 0 Å². The Hall–Kier alpha value is -0.930. The molecule has 0 radical (unpaired) electrons. The molecule has 3 rings (SSSR count). The van der Waals surface area contributed by atoms with E-state index in [0.717, 1.165) is 12.6 Å². The third kappa shape index (κ3) is 3.54. The summed E-state index contributed by atoms with van der Waals surface area (Å²) in [5.74, 6) is 1.19. The highest BCUT2D eigenvalue weighted by Gasteiger charge is 2.13. The lowest BCUT2D eigenvalue weighted by Gasteiger charge is -2.10. The van der Waals surface area contributed by atoms with Crippen LogP contribution in [0.1, 0.15) is 32.1 Å². The summed E-state index contributed by atoms with van der Waals surface area (Å²) in [5, 5.41) is 6.28. The van der Waals surface area contributed by atoms with Gasteiger partial charge in [-0.1, -0.05) is 31.0 Å². The van der Waals surface area contributed by atoms with Gasteiger partial charge in [0.25, 0.3) is 0 Å². The number of rotatable bonds is 6. The van der Waals surface area contributed by atoms with Crippen LogP contribution in [0.3, 0.4) is 0 Å². The molecule has 2 aromatic rings. The van der Waals surface area contributed by atoms with Gasteiger partial charge in [-0.05, 0) is 37.9 Å². The first-order valence-corrected chi connectivity index (χ1v) is 8.34. The monoisotopic (exact) mass is 274 g/mol. The van der Waals surface area contributed by atoms with Crippen LogP contribution in [0.5, 0.6) is 0 Å². The Labute approximate surface area is 119 Å². The van der Waals surface area contributed by atoms with Gasteiger partial charge in [0, 0.05) is 22.7 Å². The van der Waals surface area contributed by atoms with Gasteiger partial charge in [-0.2, -0.15) is 0 Å². The van der Waals surface area contributed by atoms with Gasteiger partial charge >= 0.3 is 0 Å². The standard InChI is InChI=1S/C16H22N2S/c1-4-9-15-13(6-1)12-16(18-15)19-11-5-10-17-14-7-2-3-8-14/h1,4,6,9,12,14,17-18H,2-3,5,7-8,10-11H2. The Balaban J connectivity index is 1.39. The lowest BCUT2D eigenvalue weighted by Crippen LogP contribution is -2.27. The second-order valence-corrected chi connectivity index (χ2v) is 6.50. The summed E-state index contributed by atoms with van der Waals surface area (Å²) < 4.78 is 0. The van der Waals surface area contributed by atoms with Crippen LogP contribution in [0.15, 0.2) is 35.4 Å². The first-order chi connectivity index (χ1) is 9.42. The molecule has 0 spiro atoms. The van der Waals surface area contributed by atoms with Gasteiger partial charge in [-0.25, -0.2) is 0 Å². The number of fused-ring (bicyclic) bond motifs is 1. The summed E-state index contributed by atoms with van der Waals surface area (Å²) in [4.78, 5) is 3.47. The molecule has 0 aliphatic heterocycles. The zero-order valence-corrected chi connectivity index (χ0v) is 12.1. The van der Waals surface area contributed by atoms with E-state index in [1.165, 1.54) is 53.8 Å². The number of aromatic nitrogens is 1. The topological polar surface area (TPSA) is 27.8 Å². The van der Waals surface area contributed by atoms with Crippen LogP contribution in [0, 0.1) is 0 Å². The van der Waals surface area contributed by atoms with E-state index in [4.69, 9.17) is 0 Å². The van der Waals surface area contributed by atoms with E-state index < -0.39 is 0 Å². The predicted molar refractivity (Wildman–Crippen MR) is 83.9 cm³/mol. The van der Waals surface area contributed by atoms with Gasteiger partial charge < -0.3 is 10.3 Å². The molecule has 0 amide bonds. The largest absolute Gasteiger partial charge is 0.350 e. The van der Waals surface area contributed by atoms with Crippen molar-refractivity contribution >= 4 is 22.7 Å². The first-order valence-electron chi connectivity index (χ1n) is 7.36. The highest BCUT2D eigenvalue weighted by Crippen LogP contribution is 2.23. The van der Waals surface area contributed by atoms with Crippen LogP contribution in [-0.2, 0) is 0 Å². The molecule has 0 unspecified atom stereocenters. The third-order valence-electron chi connectivity index (χ3n) is 3.87. The summed E-state index contributed by atoms with van der Waals surface area (Å²) in [5.41, 5.74) is 1.24. The molecule has 1 saturated carbocycles. The van der Waals surface area contributed by atoms with E-state index in [2.05, 4.69) is 40.6 Å². The number of para-hydroxylation sites is 1. The maximum atomic E-state index is 3.67. The van der Waals surface area contributed by atoms with Gasteiger partial charge in [0.2, 0.25) is 0 Å². The average molecular weight is 274 g/mol. The predicted octanol–water partition coefficient (Wildman–Crippen LogP) is 4.18. The normalized spacial score (nSPS) is 16.4. The second kappa shape index (κ2) is 6.49. The van der Waals surface area contributed by atoms with Crippen molar-refractivity contribution in [3.05, 3.63) is 30.3 Å². The summed E-state index contributed by atoms with van der Waals surface area (Å²) in [7, 11) is 0. The minimum Gasteiger partial charge on any atom is -0.350 e. The molecule has 1 aliphatic rings. The smallest absolute Gasteiger partial charge is 0.0732 e. The molecule has 2 nitrogen and oxygen atoms in total. The SMILES string of the molecule is c1ccc2[nH]c(SCCCNC3CCCC3)cc2c1. The molecule has 1 aliphatic carbocycles. The first kappa shape index (κ1) is 13.1. The zero-order chi connectivity index (χ0) is 12.9. The highest BCUT2D eigenvalue weighted by molar-refractivity contribution is 7.99. The van der Waals surface area contributed by atoms with Gasteiger partial charge in [-0.15, -0.1) is 11.8 Å². The lowest BCUT2D eigenvalue weighted by molar-refractivity contribution is 0.524. The van der Waals surface area contributed by atoms with Crippen molar-refractivity contribution < 1.29 is 0 Å². The summed E-state index contributed by atoms with van der Waals surface area (Å²) in [6.07, 6.45) is 6.85. The molecular weight excluding hydrogens is 252 g/mol. The lowest BCUT2D eigenvalue weighted by atomic mass is 10.2. The Morgan fingerprint density at radius 3 is 2.89 bits per heavy atom. The van der Waals surface area contributed by atoms with Crippen molar-refractivity contribution in [1.82, 2.24) is 10.3 Å². The van der Waals surface area contributed by atoms with E-state index in [1.807, 2.05) is 11.8 Å². The van der Waals surface area contributed by atoms with Gasteiger partial charge in [0.1, 0.15) is 0 Å². The number of hydrogen-bond donors (Lipinski definition) is 2. The van der Waals surface area contributed by atoms with Gasteiger partial charge in [-0.3, -0.25) is 0 Å². The van der Waals surface area contributed by atoms with Gasteiger partial charge in [0.15, 0.2) is 0 Å². The van der Waals surface area contributed by atoms with E-state index in [1.54, 1.807) is 0 Å². The molecule has 0 atom stereocenters. The molecule has 1 heterocycles. The quantitative estimate of drug-likeness (QED) is 0.611. The van der Waals surface area contributed by atoms with Crippen LogP contribution < -0.4 is 5.32 Å². The minimum absolute atomic E-state index is 0.804. The highest BCUT2D eigenvalue weighted by atomic mass is 32.2. The maximum absolute atomic E-state index is 3.67. The molecular formula is C16H22N2S. The number of aromatic amines is 1. The third-order valence-corrected chi connectivity index (χ3v) is 4.90. The molecule has 1 fully saturated rings. The average Bonchev–Trinajstić information content (AvgIpc) is 3.06. The Morgan fingerprint density at radius 1 is 1.21 bits per heavy atom. The number of thioether (sulfide) groups is 1. The molecule has 1 aromatic carbocycles. The minimum atomic E-state index is 0.804. The molecule has 2 N–H and O–H groups in total. The second-order valence-electron chi connectivity index (χ2n) is 5.36. The Bertz CT molecular complexity index is 481. The molecule has 0 saturated heterocycles. The van der Waals surface area contributed by atoms with Crippen LogP contribution in [0.25, 0.3) is 10.9 Å². The Morgan fingerprint density at radius 2 is 2.05 bits per heavy atom. The van der Waals surface area contributed by atoms with E-state index >= 15 is 0 Å². The molecule has 102 valence electrons. The van der Waals surface area contributed by atoms with Crippen LogP contribution >= 0.6 is 11.8 Å². The van der Waals surface area contributed by atoms with Crippen molar-refractivity contribution in [2.75, 3.05) is 12.3 Å². The van der Waals surface area contributed by atoms with E-state index in [9.17, 15) is 0 Å². The number of H-pyrrole nitrogens is 1. The van der Waals surface area contributed by atoms with Crippen molar-refractivity contribution in [3.63, 3.8) is 0 Å². The van der Waals surface area contributed by atoms with Gasteiger partial charge in [0.05, 0.1) is 5.03 Å². The molecule has 19 heavy (non-hydrogen) atoms. The van der Waals surface area contributed by atoms with Crippen molar-refractivity contribution in [2.24, 2.45) is 0 Å². The van der Waals surface area contributed by atoms with Crippen LogP contribution in [0.4, 0.5) is 0 Å². The van der Waals surface area contributed by atoms with Crippen molar-refractivity contribution in [2.45, 2.75) is 43.2 Å². The zero-order valence-electron chi connectivity index (χ0n) is 11.3.